The Labute approximate surface area is 105 Å². The second kappa shape index (κ2) is 4.35. The molecular weight excluding hydrogens is 228 g/mol. The van der Waals surface area contributed by atoms with Gasteiger partial charge in [0.2, 0.25) is 0 Å². The van der Waals surface area contributed by atoms with Crippen LogP contribution in [0.4, 0.5) is 0 Å². The highest BCUT2D eigenvalue weighted by Crippen LogP contribution is 2.42. The van der Waals surface area contributed by atoms with E-state index in [1.807, 2.05) is 36.4 Å². The van der Waals surface area contributed by atoms with Crippen LogP contribution in [-0.2, 0) is 0 Å². The molecule has 0 radical (unpaired) electrons. The fourth-order valence-corrected chi connectivity index (χ4v) is 2.40. The van der Waals surface area contributed by atoms with E-state index in [1.54, 1.807) is 12.1 Å². The van der Waals surface area contributed by atoms with Crippen molar-refractivity contribution in [2.45, 2.75) is 12.0 Å². The largest absolute Gasteiger partial charge is 0.508 e. The van der Waals surface area contributed by atoms with Crippen molar-refractivity contribution >= 4 is 0 Å². The Balaban J connectivity index is 2.00. The van der Waals surface area contributed by atoms with Crippen molar-refractivity contribution in [2.24, 2.45) is 0 Å². The maximum absolute atomic E-state index is 10.4. The molecule has 2 aromatic carbocycles. The van der Waals surface area contributed by atoms with Gasteiger partial charge in [-0.1, -0.05) is 36.4 Å². The number of aliphatic hydroxyl groups is 1. The molecule has 3 nitrogen and oxygen atoms in total. The fraction of sp³-hybridized carbons (Fsp3) is 0.200. The molecule has 0 aromatic heterocycles. The Hall–Kier alpha value is -2.00. The van der Waals surface area contributed by atoms with Crippen LogP contribution in [-0.4, -0.2) is 16.8 Å². The molecule has 92 valence electrons. The predicted molar refractivity (Wildman–Crippen MR) is 67.7 cm³/mol. The highest BCUT2D eigenvalue weighted by molar-refractivity contribution is 5.43. The van der Waals surface area contributed by atoms with Crippen LogP contribution in [0.2, 0.25) is 0 Å². The average molecular weight is 242 g/mol. The zero-order valence-corrected chi connectivity index (χ0v) is 9.78. The minimum Gasteiger partial charge on any atom is -0.508 e. The molecule has 0 amide bonds. The molecule has 1 aliphatic rings. The predicted octanol–water partition coefficient (Wildman–Crippen LogP) is 2.60. The van der Waals surface area contributed by atoms with Crippen molar-refractivity contribution in [3.8, 4) is 11.5 Å². The second-order valence-electron chi connectivity index (χ2n) is 4.46. The van der Waals surface area contributed by atoms with Crippen LogP contribution in [0, 0.1) is 0 Å². The summed E-state index contributed by atoms with van der Waals surface area (Å²) in [6.45, 7) is 0.371. The van der Waals surface area contributed by atoms with Gasteiger partial charge < -0.3 is 14.9 Å². The summed E-state index contributed by atoms with van der Waals surface area (Å²) in [6.07, 6.45) is -0.650. The number of hydrogen-bond donors (Lipinski definition) is 2. The van der Waals surface area contributed by atoms with Gasteiger partial charge in [-0.05, 0) is 12.1 Å². The van der Waals surface area contributed by atoms with E-state index in [0.29, 0.717) is 6.61 Å². The first kappa shape index (κ1) is 11.1. The number of benzene rings is 2. The summed E-state index contributed by atoms with van der Waals surface area (Å²) >= 11 is 0. The number of hydrogen-bond acceptors (Lipinski definition) is 3. The summed E-state index contributed by atoms with van der Waals surface area (Å²) in [7, 11) is 0. The number of aliphatic hydroxyl groups excluding tert-OH is 1. The maximum atomic E-state index is 10.4. The molecule has 2 N–H and O–H groups in total. The number of phenolic OH excluding ortho intramolecular Hbond substituents is 1. The van der Waals surface area contributed by atoms with Crippen molar-refractivity contribution in [1.82, 2.24) is 0 Å². The molecule has 0 saturated heterocycles. The molecule has 18 heavy (non-hydrogen) atoms. The van der Waals surface area contributed by atoms with E-state index >= 15 is 0 Å². The summed E-state index contributed by atoms with van der Waals surface area (Å²) in [6, 6.07) is 14.5. The third-order valence-electron chi connectivity index (χ3n) is 3.37. The molecule has 0 aliphatic carbocycles. The van der Waals surface area contributed by atoms with E-state index in [-0.39, 0.29) is 11.7 Å². The van der Waals surface area contributed by atoms with E-state index < -0.39 is 6.10 Å². The minimum atomic E-state index is -0.650. The van der Waals surface area contributed by atoms with E-state index in [9.17, 15) is 10.2 Å². The number of fused-ring (bicyclic) bond motifs is 1. The zero-order valence-electron chi connectivity index (χ0n) is 9.78. The highest BCUT2D eigenvalue weighted by Gasteiger charge is 2.31. The number of phenols is 1. The van der Waals surface area contributed by atoms with Gasteiger partial charge in [-0.3, -0.25) is 0 Å². The van der Waals surface area contributed by atoms with Gasteiger partial charge in [0.1, 0.15) is 11.5 Å². The molecule has 1 unspecified atom stereocenters. The van der Waals surface area contributed by atoms with E-state index in [1.165, 1.54) is 0 Å². The standard InChI is InChI=1S/C15H14O3/c16-13-7-3-1-5-10(13)12-9-18-14-8-4-2-6-11(14)15(12)17/h1-8,12,15-17H,9H2/t12?,15-/m0/s1. The van der Waals surface area contributed by atoms with Crippen molar-refractivity contribution < 1.29 is 14.9 Å². The first-order valence-corrected chi connectivity index (χ1v) is 5.95. The molecule has 0 bridgehead atoms. The Morgan fingerprint density at radius 3 is 2.39 bits per heavy atom. The minimum absolute atomic E-state index is 0.199. The average Bonchev–Trinajstić information content (AvgIpc) is 2.41. The number of para-hydroxylation sites is 2. The van der Waals surface area contributed by atoms with Crippen molar-refractivity contribution in [2.75, 3.05) is 6.61 Å². The summed E-state index contributed by atoms with van der Waals surface area (Å²) in [5.41, 5.74) is 1.50. The molecule has 3 rings (SSSR count). The molecule has 0 spiro atoms. The van der Waals surface area contributed by atoms with Crippen LogP contribution in [0.15, 0.2) is 48.5 Å². The second-order valence-corrected chi connectivity index (χ2v) is 4.46. The molecule has 1 aliphatic heterocycles. The molecule has 2 aromatic rings. The summed E-state index contributed by atoms with van der Waals surface area (Å²) in [5.74, 6) is 0.683. The first-order chi connectivity index (χ1) is 8.77. The summed E-state index contributed by atoms with van der Waals surface area (Å²) in [5, 5.41) is 20.3. The van der Waals surface area contributed by atoms with Crippen molar-refractivity contribution in [3.05, 3.63) is 59.7 Å². The lowest BCUT2D eigenvalue weighted by Gasteiger charge is -2.30. The lowest BCUT2D eigenvalue weighted by molar-refractivity contribution is 0.0878. The van der Waals surface area contributed by atoms with E-state index in [2.05, 4.69) is 0 Å². The van der Waals surface area contributed by atoms with Gasteiger partial charge in [-0.25, -0.2) is 0 Å². The topological polar surface area (TPSA) is 49.7 Å². The van der Waals surface area contributed by atoms with Crippen LogP contribution in [0.1, 0.15) is 23.1 Å². The van der Waals surface area contributed by atoms with Crippen LogP contribution < -0.4 is 4.74 Å². The van der Waals surface area contributed by atoms with Gasteiger partial charge in [0, 0.05) is 11.1 Å². The Morgan fingerprint density at radius 1 is 0.944 bits per heavy atom. The number of rotatable bonds is 1. The van der Waals surface area contributed by atoms with Crippen molar-refractivity contribution in [3.63, 3.8) is 0 Å². The molecule has 0 saturated carbocycles. The van der Waals surface area contributed by atoms with Crippen LogP contribution in [0.3, 0.4) is 0 Å². The van der Waals surface area contributed by atoms with Crippen LogP contribution in [0.25, 0.3) is 0 Å². The molecule has 1 heterocycles. The van der Waals surface area contributed by atoms with Crippen molar-refractivity contribution in [1.29, 1.82) is 0 Å². The highest BCUT2D eigenvalue weighted by atomic mass is 16.5. The number of ether oxygens (including phenoxy) is 1. The Morgan fingerprint density at radius 2 is 1.61 bits per heavy atom. The Bertz CT molecular complexity index is 565. The van der Waals surface area contributed by atoms with Gasteiger partial charge in [0.15, 0.2) is 0 Å². The number of aromatic hydroxyl groups is 1. The monoisotopic (exact) mass is 242 g/mol. The van der Waals surface area contributed by atoms with Gasteiger partial charge >= 0.3 is 0 Å². The first-order valence-electron chi connectivity index (χ1n) is 5.95. The third-order valence-corrected chi connectivity index (χ3v) is 3.37. The SMILES string of the molecule is Oc1ccccc1C1COc2ccccc2[C@@H]1O. The van der Waals surface area contributed by atoms with Crippen LogP contribution >= 0.6 is 0 Å². The summed E-state index contributed by atoms with van der Waals surface area (Å²) in [4.78, 5) is 0. The van der Waals surface area contributed by atoms with E-state index in [4.69, 9.17) is 4.74 Å². The lowest BCUT2D eigenvalue weighted by Crippen LogP contribution is -2.24. The van der Waals surface area contributed by atoms with Crippen LogP contribution in [0.5, 0.6) is 11.5 Å². The van der Waals surface area contributed by atoms with Gasteiger partial charge in [0.25, 0.3) is 0 Å². The lowest BCUT2D eigenvalue weighted by atomic mass is 9.87. The van der Waals surface area contributed by atoms with E-state index in [0.717, 1.165) is 16.9 Å². The Kier molecular flexibility index (Phi) is 2.68. The smallest absolute Gasteiger partial charge is 0.125 e. The normalized spacial score (nSPS) is 22.1. The fourth-order valence-electron chi connectivity index (χ4n) is 2.40. The van der Waals surface area contributed by atoms with Gasteiger partial charge in [0.05, 0.1) is 18.6 Å². The summed E-state index contributed by atoms with van der Waals surface area (Å²) < 4.78 is 5.64. The quantitative estimate of drug-likeness (QED) is 0.808. The maximum Gasteiger partial charge on any atom is 0.125 e. The molecular formula is C15H14O3. The third kappa shape index (κ3) is 1.73. The molecule has 0 fully saturated rings. The van der Waals surface area contributed by atoms with Gasteiger partial charge in [-0.15, -0.1) is 0 Å². The zero-order chi connectivity index (χ0) is 12.5. The molecule has 3 heteroatoms. The van der Waals surface area contributed by atoms with Gasteiger partial charge in [-0.2, -0.15) is 0 Å². The molecule has 2 atom stereocenters.